The maximum atomic E-state index is 12.2. The zero-order valence-electron chi connectivity index (χ0n) is 17.1. The maximum absolute atomic E-state index is 12.2. The number of hydrogen-bond donors (Lipinski definition) is 1. The molecular formula is C24H20IN5O2. The molecule has 1 N–H and O–H groups in total. The smallest absolute Gasteiger partial charge is 0.342 e. The molecule has 0 amide bonds. The van der Waals surface area contributed by atoms with Crippen molar-refractivity contribution in [3.63, 3.8) is 0 Å². The standard InChI is InChI=1S/C24H20IN5O2/c25-20-11-13-21(14-12-20)28-23-22(30(31)32)24(27-17-26-23)29(15-18-7-3-1-4-8-18)16-19-9-5-2-6-10-19/h1-14,17H,15-16H2,(H,26,27,28). The molecule has 0 saturated heterocycles. The van der Waals surface area contributed by atoms with Crippen LogP contribution in [0.3, 0.4) is 0 Å². The van der Waals surface area contributed by atoms with Gasteiger partial charge in [-0.15, -0.1) is 0 Å². The molecule has 0 atom stereocenters. The maximum Gasteiger partial charge on any atom is 0.353 e. The Bertz CT molecular complexity index is 1150. The number of hydrogen-bond acceptors (Lipinski definition) is 6. The number of halogens is 1. The molecule has 160 valence electrons. The first kappa shape index (κ1) is 21.7. The van der Waals surface area contributed by atoms with E-state index in [9.17, 15) is 10.1 Å². The summed E-state index contributed by atoms with van der Waals surface area (Å²) in [7, 11) is 0. The molecule has 0 saturated carbocycles. The van der Waals surface area contributed by atoms with Crippen LogP contribution in [0.2, 0.25) is 0 Å². The number of benzene rings is 3. The lowest BCUT2D eigenvalue weighted by Gasteiger charge is -2.24. The van der Waals surface area contributed by atoms with Crippen LogP contribution in [0.5, 0.6) is 0 Å². The highest BCUT2D eigenvalue weighted by Crippen LogP contribution is 2.35. The van der Waals surface area contributed by atoms with E-state index in [1.807, 2.05) is 89.8 Å². The number of nitro groups is 1. The molecular weight excluding hydrogens is 517 g/mol. The van der Waals surface area contributed by atoms with Crippen LogP contribution in [0.15, 0.2) is 91.3 Å². The average molecular weight is 537 g/mol. The molecule has 8 heteroatoms. The van der Waals surface area contributed by atoms with Gasteiger partial charge in [-0.05, 0) is 58.0 Å². The zero-order chi connectivity index (χ0) is 22.3. The summed E-state index contributed by atoms with van der Waals surface area (Å²) < 4.78 is 1.07. The van der Waals surface area contributed by atoms with E-state index in [1.165, 1.54) is 6.33 Å². The van der Waals surface area contributed by atoms with E-state index in [0.717, 1.165) is 20.4 Å². The van der Waals surface area contributed by atoms with Gasteiger partial charge < -0.3 is 10.2 Å². The van der Waals surface area contributed by atoms with Gasteiger partial charge in [0.05, 0.1) is 4.92 Å². The quantitative estimate of drug-likeness (QED) is 0.170. The van der Waals surface area contributed by atoms with Gasteiger partial charge in [0.1, 0.15) is 6.33 Å². The summed E-state index contributed by atoms with van der Waals surface area (Å²) in [5, 5.41) is 15.2. The van der Waals surface area contributed by atoms with Crippen molar-refractivity contribution < 1.29 is 4.92 Å². The number of anilines is 3. The molecule has 0 spiro atoms. The van der Waals surface area contributed by atoms with Crippen molar-refractivity contribution in [3.05, 3.63) is 116 Å². The summed E-state index contributed by atoms with van der Waals surface area (Å²) in [5.74, 6) is 0.429. The van der Waals surface area contributed by atoms with E-state index < -0.39 is 4.92 Å². The predicted octanol–water partition coefficient (Wildman–Crippen LogP) is 5.94. The van der Waals surface area contributed by atoms with Gasteiger partial charge in [-0.1, -0.05) is 60.7 Å². The average Bonchev–Trinajstić information content (AvgIpc) is 2.81. The third kappa shape index (κ3) is 5.38. The Hall–Kier alpha value is -3.53. The molecule has 0 bridgehead atoms. The van der Waals surface area contributed by atoms with Crippen LogP contribution < -0.4 is 10.2 Å². The van der Waals surface area contributed by atoms with Crippen LogP contribution in [0.25, 0.3) is 0 Å². The van der Waals surface area contributed by atoms with Gasteiger partial charge >= 0.3 is 5.69 Å². The minimum absolute atomic E-state index is 0.155. The van der Waals surface area contributed by atoms with Crippen LogP contribution in [0, 0.1) is 13.7 Å². The summed E-state index contributed by atoms with van der Waals surface area (Å²) in [5.41, 5.74) is 2.63. The Morgan fingerprint density at radius 3 is 1.94 bits per heavy atom. The number of rotatable bonds is 8. The van der Waals surface area contributed by atoms with Crippen molar-refractivity contribution in [2.45, 2.75) is 13.1 Å². The highest BCUT2D eigenvalue weighted by molar-refractivity contribution is 14.1. The lowest BCUT2D eigenvalue weighted by molar-refractivity contribution is -0.383. The summed E-state index contributed by atoms with van der Waals surface area (Å²) in [6.07, 6.45) is 1.36. The third-order valence-corrected chi connectivity index (χ3v) is 5.54. The fourth-order valence-electron chi connectivity index (χ4n) is 3.34. The van der Waals surface area contributed by atoms with Crippen LogP contribution in [0.1, 0.15) is 11.1 Å². The molecule has 7 nitrogen and oxygen atoms in total. The van der Waals surface area contributed by atoms with Crippen LogP contribution in [-0.2, 0) is 13.1 Å². The van der Waals surface area contributed by atoms with E-state index in [-0.39, 0.29) is 17.3 Å². The summed E-state index contributed by atoms with van der Waals surface area (Å²) in [4.78, 5) is 22.2. The molecule has 0 aliphatic carbocycles. The first-order valence-corrected chi connectivity index (χ1v) is 11.0. The Morgan fingerprint density at radius 2 is 1.41 bits per heavy atom. The van der Waals surface area contributed by atoms with Crippen molar-refractivity contribution in [2.75, 3.05) is 10.2 Å². The lowest BCUT2D eigenvalue weighted by Crippen LogP contribution is -2.24. The predicted molar refractivity (Wildman–Crippen MR) is 134 cm³/mol. The first-order chi connectivity index (χ1) is 15.6. The molecule has 0 aliphatic rings. The van der Waals surface area contributed by atoms with Crippen LogP contribution in [0.4, 0.5) is 23.0 Å². The second-order valence-electron chi connectivity index (χ2n) is 7.11. The van der Waals surface area contributed by atoms with Crippen LogP contribution >= 0.6 is 22.6 Å². The fourth-order valence-corrected chi connectivity index (χ4v) is 3.70. The molecule has 1 aromatic heterocycles. The fraction of sp³-hybridized carbons (Fsp3) is 0.0833. The van der Waals surface area contributed by atoms with Crippen molar-refractivity contribution in [1.29, 1.82) is 0 Å². The summed E-state index contributed by atoms with van der Waals surface area (Å²) >= 11 is 2.21. The van der Waals surface area contributed by atoms with Gasteiger partial charge in [-0.3, -0.25) is 10.1 Å². The zero-order valence-corrected chi connectivity index (χ0v) is 19.2. The highest BCUT2D eigenvalue weighted by Gasteiger charge is 2.27. The molecule has 0 aliphatic heterocycles. The lowest BCUT2D eigenvalue weighted by atomic mass is 10.1. The van der Waals surface area contributed by atoms with E-state index in [4.69, 9.17) is 0 Å². The van der Waals surface area contributed by atoms with E-state index in [1.54, 1.807) is 0 Å². The Kier molecular flexibility index (Phi) is 6.90. The largest absolute Gasteiger partial charge is 0.353 e. The molecule has 4 rings (SSSR count). The van der Waals surface area contributed by atoms with Crippen molar-refractivity contribution in [2.24, 2.45) is 0 Å². The molecule has 0 radical (unpaired) electrons. The van der Waals surface area contributed by atoms with Crippen molar-refractivity contribution in [3.8, 4) is 0 Å². The van der Waals surface area contributed by atoms with E-state index in [0.29, 0.717) is 13.1 Å². The van der Waals surface area contributed by atoms with Crippen LogP contribution in [-0.4, -0.2) is 14.9 Å². The number of nitrogens with one attached hydrogen (secondary N) is 1. The second-order valence-corrected chi connectivity index (χ2v) is 8.36. The highest BCUT2D eigenvalue weighted by atomic mass is 127. The van der Waals surface area contributed by atoms with Gasteiger partial charge in [0, 0.05) is 22.3 Å². The minimum atomic E-state index is -0.423. The van der Waals surface area contributed by atoms with Gasteiger partial charge in [0.25, 0.3) is 0 Å². The summed E-state index contributed by atoms with van der Waals surface area (Å²) in [6, 6.07) is 27.3. The topological polar surface area (TPSA) is 84.2 Å². The van der Waals surface area contributed by atoms with Crippen molar-refractivity contribution >= 4 is 45.6 Å². The van der Waals surface area contributed by atoms with Gasteiger partial charge in [0.15, 0.2) is 0 Å². The normalized spacial score (nSPS) is 10.5. The third-order valence-electron chi connectivity index (χ3n) is 4.82. The Balaban J connectivity index is 1.75. The van der Waals surface area contributed by atoms with Gasteiger partial charge in [0.2, 0.25) is 11.6 Å². The first-order valence-electron chi connectivity index (χ1n) is 9.95. The second kappa shape index (κ2) is 10.2. The van der Waals surface area contributed by atoms with Crippen molar-refractivity contribution in [1.82, 2.24) is 9.97 Å². The minimum Gasteiger partial charge on any atom is -0.342 e. The number of aromatic nitrogens is 2. The SMILES string of the molecule is O=[N+]([O-])c1c(Nc2ccc(I)cc2)ncnc1N(Cc1ccccc1)Cc1ccccc1. The van der Waals surface area contributed by atoms with Gasteiger partial charge in [-0.2, -0.15) is 0 Å². The Labute approximate surface area is 199 Å². The van der Waals surface area contributed by atoms with E-state index in [2.05, 4.69) is 37.9 Å². The molecule has 3 aromatic carbocycles. The molecule has 32 heavy (non-hydrogen) atoms. The molecule has 1 heterocycles. The van der Waals surface area contributed by atoms with E-state index >= 15 is 0 Å². The molecule has 0 unspecified atom stereocenters. The van der Waals surface area contributed by atoms with Gasteiger partial charge in [-0.25, -0.2) is 9.97 Å². The molecule has 0 fully saturated rings. The molecule has 4 aromatic rings. The summed E-state index contributed by atoms with van der Waals surface area (Å²) in [6.45, 7) is 0.938. The Morgan fingerprint density at radius 1 is 0.844 bits per heavy atom. The monoisotopic (exact) mass is 537 g/mol. The number of nitrogens with zero attached hydrogens (tertiary/aromatic N) is 4.